The summed E-state index contributed by atoms with van der Waals surface area (Å²) >= 11 is 0. The summed E-state index contributed by atoms with van der Waals surface area (Å²) in [4.78, 5) is 38.5. The number of carbonyl (C=O) groups is 3. The van der Waals surface area contributed by atoms with Crippen LogP contribution in [0.4, 0.5) is 5.69 Å². The number of unbranched alkanes of at least 4 members (excludes halogenated alkanes) is 1. The Morgan fingerprint density at radius 3 is 2.27 bits per heavy atom. The Morgan fingerprint density at radius 1 is 1.12 bits per heavy atom. The number of hydrogen-bond acceptors (Lipinski definition) is 3. The summed E-state index contributed by atoms with van der Waals surface area (Å²) < 4.78 is 0. The quantitative estimate of drug-likeness (QED) is 0.572. The molecule has 0 spiro atoms. The van der Waals surface area contributed by atoms with Gasteiger partial charge in [0, 0.05) is 31.6 Å². The fourth-order valence-electron chi connectivity index (χ4n) is 2.46. The Hall–Kier alpha value is -2.81. The van der Waals surface area contributed by atoms with E-state index in [0.29, 0.717) is 31.6 Å². The number of amides is 2. The van der Waals surface area contributed by atoms with Gasteiger partial charge in [0.2, 0.25) is 5.91 Å². The Bertz CT molecular complexity index is 672. The van der Waals surface area contributed by atoms with E-state index in [4.69, 9.17) is 0 Å². The normalized spacial score (nSPS) is 11.0. The fourth-order valence-corrected chi connectivity index (χ4v) is 2.46. The number of carbonyl (C=O) groups excluding carboxylic acids is 2. The number of nitrogens with zero attached hydrogens (tertiary/aromatic N) is 2. The molecular weight excluding hydrogens is 332 g/mol. The molecule has 1 atom stereocenters. The Kier molecular flexibility index (Phi) is 8.93. The molecule has 0 aliphatic heterocycles. The Morgan fingerprint density at radius 2 is 1.73 bits per heavy atom. The van der Waals surface area contributed by atoms with Gasteiger partial charge in [0.25, 0.3) is 5.91 Å². The van der Waals surface area contributed by atoms with E-state index in [9.17, 15) is 19.5 Å². The van der Waals surface area contributed by atoms with Gasteiger partial charge in [-0.25, -0.2) is 4.79 Å². The van der Waals surface area contributed by atoms with Crippen molar-refractivity contribution >= 4 is 23.5 Å². The topological polar surface area (TPSA) is 77.9 Å². The highest BCUT2D eigenvalue weighted by molar-refractivity contribution is 5.99. The van der Waals surface area contributed by atoms with Crippen LogP contribution in [-0.4, -0.2) is 46.9 Å². The van der Waals surface area contributed by atoms with Gasteiger partial charge in [-0.2, -0.15) is 0 Å². The monoisotopic (exact) mass is 358 g/mol. The van der Waals surface area contributed by atoms with E-state index in [1.54, 1.807) is 35.2 Å². The number of carboxylic acid groups (broad SMARTS) is 1. The van der Waals surface area contributed by atoms with Gasteiger partial charge in [-0.15, -0.1) is 0 Å². The second-order valence-corrected chi connectivity index (χ2v) is 5.75. The zero-order valence-electron chi connectivity index (χ0n) is 15.6. The molecule has 0 radical (unpaired) electrons. The van der Waals surface area contributed by atoms with Crippen molar-refractivity contribution in [3.63, 3.8) is 0 Å². The third-order valence-corrected chi connectivity index (χ3v) is 3.99. The van der Waals surface area contributed by atoms with Gasteiger partial charge in [-0.1, -0.05) is 24.1 Å². The number of rotatable bonds is 8. The van der Waals surface area contributed by atoms with Gasteiger partial charge in [0.15, 0.2) is 0 Å². The predicted molar refractivity (Wildman–Crippen MR) is 101 cm³/mol. The summed E-state index contributed by atoms with van der Waals surface area (Å²) in [6, 6.07) is 7.78. The maximum Gasteiger partial charge on any atom is 0.326 e. The molecule has 0 aliphatic rings. The summed E-state index contributed by atoms with van der Waals surface area (Å²) in [5.41, 5.74) is 0.551. The molecule has 6 heteroatoms. The largest absolute Gasteiger partial charge is 0.480 e. The van der Waals surface area contributed by atoms with Gasteiger partial charge < -0.3 is 10.0 Å². The van der Waals surface area contributed by atoms with Crippen molar-refractivity contribution in [3.8, 4) is 11.8 Å². The average molecular weight is 358 g/mol. The molecule has 140 valence electrons. The predicted octanol–water partition coefficient (Wildman–Crippen LogP) is 2.53. The Labute approximate surface area is 154 Å². The molecule has 0 heterocycles. The van der Waals surface area contributed by atoms with Crippen LogP contribution in [0.2, 0.25) is 0 Å². The Balaban J connectivity index is 2.66. The van der Waals surface area contributed by atoms with Crippen LogP contribution in [0.5, 0.6) is 0 Å². The molecule has 0 aromatic heterocycles. The SMILES string of the molecule is CCN(CC)C(=O)C#CCCCC(=O)N(c1ccccc1)C(C)C(=O)O. The number of benzene rings is 1. The first-order valence-electron chi connectivity index (χ1n) is 8.80. The first kappa shape index (κ1) is 21.2. The first-order chi connectivity index (χ1) is 12.4. The van der Waals surface area contributed by atoms with E-state index in [1.807, 2.05) is 13.8 Å². The summed E-state index contributed by atoms with van der Waals surface area (Å²) in [6.07, 6.45) is 1.04. The van der Waals surface area contributed by atoms with Crippen LogP contribution >= 0.6 is 0 Å². The molecule has 0 fully saturated rings. The molecule has 0 bridgehead atoms. The van der Waals surface area contributed by atoms with Crippen LogP contribution in [0.15, 0.2) is 30.3 Å². The van der Waals surface area contributed by atoms with E-state index >= 15 is 0 Å². The van der Waals surface area contributed by atoms with E-state index in [1.165, 1.54) is 11.8 Å². The van der Waals surface area contributed by atoms with E-state index in [0.717, 1.165) is 0 Å². The number of anilines is 1. The van der Waals surface area contributed by atoms with Gasteiger partial charge in [-0.3, -0.25) is 14.5 Å². The van der Waals surface area contributed by atoms with Crippen LogP contribution < -0.4 is 4.90 Å². The highest BCUT2D eigenvalue weighted by atomic mass is 16.4. The second kappa shape index (κ2) is 10.9. The van der Waals surface area contributed by atoms with Gasteiger partial charge >= 0.3 is 5.97 Å². The second-order valence-electron chi connectivity index (χ2n) is 5.75. The van der Waals surface area contributed by atoms with Crippen LogP contribution in [-0.2, 0) is 14.4 Å². The summed E-state index contributed by atoms with van der Waals surface area (Å²) in [7, 11) is 0. The van der Waals surface area contributed by atoms with Crippen molar-refractivity contribution in [2.45, 2.75) is 46.1 Å². The lowest BCUT2D eigenvalue weighted by Crippen LogP contribution is -2.43. The molecule has 6 nitrogen and oxygen atoms in total. The summed E-state index contributed by atoms with van der Waals surface area (Å²) in [5.74, 6) is 3.82. The zero-order chi connectivity index (χ0) is 19.5. The minimum absolute atomic E-state index is 0.167. The minimum atomic E-state index is -1.06. The van der Waals surface area contributed by atoms with Crippen LogP contribution in [0.1, 0.15) is 40.0 Å². The molecule has 1 rings (SSSR count). The summed E-state index contributed by atoms with van der Waals surface area (Å²) in [5, 5.41) is 9.27. The summed E-state index contributed by atoms with van der Waals surface area (Å²) in [6.45, 7) is 6.49. The molecule has 0 saturated heterocycles. The maximum atomic E-state index is 12.5. The van der Waals surface area contributed by atoms with Crippen molar-refractivity contribution in [1.29, 1.82) is 0 Å². The molecule has 1 unspecified atom stereocenters. The highest BCUT2D eigenvalue weighted by Crippen LogP contribution is 2.19. The van der Waals surface area contributed by atoms with Crippen molar-refractivity contribution in [2.75, 3.05) is 18.0 Å². The lowest BCUT2D eigenvalue weighted by molar-refractivity contribution is -0.139. The van der Waals surface area contributed by atoms with Gasteiger partial charge in [0.1, 0.15) is 6.04 Å². The molecule has 2 amide bonds. The van der Waals surface area contributed by atoms with Crippen molar-refractivity contribution in [3.05, 3.63) is 30.3 Å². The molecule has 0 aliphatic carbocycles. The van der Waals surface area contributed by atoms with Crippen LogP contribution in [0.25, 0.3) is 0 Å². The van der Waals surface area contributed by atoms with Crippen LogP contribution in [0, 0.1) is 11.8 Å². The zero-order valence-corrected chi connectivity index (χ0v) is 15.6. The van der Waals surface area contributed by atoms with Gasteiger partial charge in [-0.05, 0) is 45.2 Å². The van der Waals surface area contributed by atoms with E-state index in [2.05, 4.69) is 11.8 Å². The fraction of sp³-hybridized carbons (Fsp3) is 0.450. The lowest BCUT2D eigenvalue weighted by Gasteiger charge is -2.26. The average Bonchev–Trinajstić information content (AvgIpc) is 2.63. The van der Waals surface area contributed by atoms with E-state index < -0.39 is 12.0 Å². The third-order valence-electron chi connectivity index (χ3n) is 3.99. The maximum absolute atomic E-state index is 12.5. The molecule has 1 aromatic rings. The number of hydrogen-bond donors (Lipinski definition) is 1. The van der Waals surface area contributed by atoms with Gasteiger partial charge in [0.05, 0.1) is 0 Å². The molecule has 1 N–H and O–H groups in total. The molecule has 26 heavy (non-hydrogen) atoms. The molecular formula is C20H26N2O4. The number of aliphatic carboxylic acids is 1. The number of para-hydroxylation sites is 1. The van der Waals surface area contributed by atoms with E-state index in [-0.39, 0.29) is 18.2 Å². The van der Waals surface area contributed by atoms with Crippen LogP contribution in [0.3, 0.4) is 0 Å². The standard InChI is InChI=1S/C20H26N2O4/c1-4-21(5-2)18(23)14-10-7-11-15-19(24)22(16(3)20(25)26)17-12-8-6-9-13-17/h6,8-9,12-13,16H,4-5,7,11,15H2,1-3H3,(H,25,26). The van der Waals surface area contributed by atoms with Crippen molar-refractivity contribution < 1.29 is 19.5 Å². The van der Waals surface area contributed by atoms with Crippen molar-refractivity contribution in [1.82, 2.24) is 4.90 Å². The van der Waals surface area contributed by atoms with Crippen molar-refractivity contribution in [2.24, 2.45) is 0 Å². The first-order valence-corrected chi connectivity index (χ1v) is 8.80. The third kappa shape index (κ3) is 6.25. The lowest BCUT2D eigenvalue weighted by atomic mass is 10.1. The molecule has 1 aromatic carbocycles. The minimum Gasteiger partial charge on any atom is -0.480 e. The number of carboxylic acids is 1. The smallest absolute Gasteiger partial charge is 0.326 e. The molecule has 0 saturated carbocycles. The highest BCUT2D eigenvalue weighted by Gasteiger charge is 2.26.